The molecule has 0 saturated heterocycles. The number of nitrogens with zero attached hydrogens (tertiary/aromatic N) is 2. The number of nitrogens with two attached hydrogens (primary N) is 1. The first-order valence-electron chi connectivity index (χ1n) is 4.91. The molecule has 2 aromatic rings. The van der Waals surface area contributed by atoms with Gasteiger partial charge in [0.15, 0.2) is 0 Å². The van der Waals surface area contributed by atoms with E-state index in [0.717, 1.165) is 0 Å². The van der Waals surface area contributed by atoms with Crippen LogP contribution < -0.4 is 11.1 Å². The van der Waals surface area contributed by atoms with E-state index in [1.54, 1.807) is 6.07 Å². The number of anilines is 2. The van der Waals surface area contributed by atoms with Gasteiger partial charge in [-0.05, 0) is 35.9 Å². The molecule has 0 aliphatic heterocycles. The first-order chi connectivity index (χ1) is 8.56. The average Bonchev–Trinajstić information content (AvgIpc) is 2.28. The predicted octanol–water partition coefficient (Wildman–Crippen LogP) is 2.62. The zero-order chi connectivity index (χ0) is 13.1. The first kappa shape index (κ1) is 12.6. The maximum atomic E-state index is 11.9. The molecule has 1 aromatic carbocycles. The highest BCUT2D eigenvalue weighted by molar-refractivity contribution is 6.34. The van der Waals surface area contributed by atoms with Crippen LogP contribution in [0.1, 0.15) is 10.4 Å². The van der Waals surface area contributed by atoms with E-state index in [2.05, 4.69) is 15.3 Å². The molecule has 0 bridgehead atoms. The van der Waals surface area contributed by atoms with Gasteiger partial charge in [0.25, 0.3) is 5.91 Å². The fourth-order valence-electron chi connectivity index (χ4n) is 1.30. The van der Waals surface area contributed by atoms with Crippen LogP contribution in [0.4, 0.5) is 11.5 Å². The van der Waals surface area contributed by atoms with Crippen LogP contribution >= 0.6 is 23.2 Å². The number of halogens is 2. The number of nitrogens with one attached hydrogen (secondary N) is 1. The van der Waals surface area contributed by atoms with E-state index in [0.29, 0.717) is 17.1 Å². The quantitative estimate of drug-likeness (QED) is 0.655. The number of hydrogen-bond donors (Lipinski definition) is 2. The third-order valence-electron chi connectivity index (χ3n) is 2.11. The predicted molar refractivity (Wildman–Crippen MR) is 70.9 cm³/mol. The molecule has 0 spiro atoms. The third-order valence-corrected chi connectivity index (χ3v) is 2.60. The number of aromatic nitrogens is 2. The second-order valence-electron chi connectivity index (χ2n) is 3.40. The van der Waals surface area contributed by atoms with Gasteiger partial charge in [0.05, 0.1) is 10.6 Å². The van der Waals surface area contributed by atoms with Crippen molar-refractivity contribution >= 4 is 40.6 Å². The fraction of sp³-hybridized carbons (Fsp3) is 0. The van der Waals surface area contributed by atoms with E-state index in [9.17, 15) is 4.79 Å². The molecular formula is C11H8Cl2N4O. The molecular weight excluding hydrogens is 275 g/mol. The van der Waals surface area contributed by atoms with E-state index in [-0.39, 0.29) is 10.3 Å². The Kier molecular flexibility index (Phi) is 3.64. The zero-order valence-corrected chi connectivity index (χ0v) is 10.5. The van der Waals surface area contributed by atoms with Crippen LogP contribution in [0.15, 0.2) is 30.5 Å². The Labute approximate surface area is 113 Å². The van der Waals surface area contributed by atoms with Gasteiger partial charge in [-0.2, -0.15) is 0 Å². The molecule has 0 aliphatic rings. The summed E-state index contributed by atoms with van der Waals surface area (Å²) in [5.41, 5.74) is 6.34. The first-order valence-corrected chi connectivity index (χ1v) is 5.67. The van der Waals surface area contributed by atoms with Gasteiger partial charge in [-0.1, -0.05) is 11.6 Å². The van der Waals surface area contributed by atoms with Crippen LogP contribution in [-0.2, 0) is 0 Å². The topological polar surface area (TPSA) is 80.9 Å². The lowest BCUT2D eigenvalue weighted by atomic mass is 10.2. The smallest absolute Gasteiger partial charge is 0.258 e. The summed E-state index contributed by atoms with van der Waals surface area (Å²) < 4.78 is 0. The van der Waals surface area contributed by atoms with Crippen molar-refractivity contribution in [1.29, 1.82) is 0 Å². The van der Waals surface area contributed by atoms with Gasteiger partial charge < -0.3 is 11.1 Å². The van der Waals surface area contributed by atoms with E-state index in [4.69, 9.17) is 28.9 Å². The standard InChI is InChI=1S/C11H8Cl2N4O/c12-8-5-6(14)1-2-7(8)10(18)16-9-3-4-15-11(13)17-9/h1-5H,14H2,(H,15,16,17,18). The molecule has 0 atom stereocenters. The molecule has 3 N–H and O–H groups in total. The van der Waals surface area contributed by atoms with E-state index in [1.807, 2.05) is 0 Å². The molecule has 5 nitrogen and oxygen atoms in total. The minimum absolute atomic E-state index is 0.0520. The summed E-state index contributed by atoms with van der Waals surface area (Å²) in [5.74, 6) is -0.0948. The maximum absolute atomic E-state index is 11.9. The van der Waals surface area contributed by atoms with Crippen LogP contribution in [0.25, 0.3) is 0 Å². The minimum atomic E-state index is -0.394. The van der Waals surface area contributed by atoms with Crippen LogP contribution in [0.5, 0.6) is 0 Å². The highest BCUT2D eigenvalue weighted by Gasteiger charge is 2.11. The van der Waals surface area contributed by atoms with Crippen molar-refractivity contribution in [3.63, 3.8) is 0 Å². The molecule has 1 amide bonds. The van der Waals surface area contributed by atoms with Gasteiger partial charge in [-0.15, -0.1) is 0 Å². The number of carbonyl (C=O) groups excluding carboxylic acids is 1. The Balaban J connectivity index is 2.22. The largest absolute Gasteiger partial charge is 0.399 e. The fourth-order valence-corrected chi connectivity index (χ4v) is 1.73. The number of rotatable bonds is 2. The van der Waals surface area contributed by atoms with Crippen LogP contribution in [0.2, 0.25) is 10.3 Å². The molecule has 0 fully saturated rings. The molecule has 92 valence electrons. The van der Waals surface area contributed by atoms with Crippen molar-refractivity contribution in [2.24, 2.45) is 0 Å². The van der Waals surface area contributed by atoms with E-state index in [1.165, 1.54) is 24.4 Å². The highest BCUT2D eigenvalue weighted by atomic mass is 35.5. The number of hydrogen-bond acceptors (Lipinski definition) is 4. The van der Waals surface area contributed by atoms with Gasteiger partial charge in [0, 0.05) is 11.9 Å². The van der Waals surface area contributed by atoms with Crippen molar-refractivity contribution in [2.45, 2.75) is 0 Å². The molecule has 0 saturated carbocycles. The molecule has 18 heavy (non-hydrogen) atoms. The molecule has 0 unspecified atom stereocenters. The van der Waals surface area contributed by atoms with Crippen molar-refractivity contribution < 1.29 is 4.79 Å². The van der Waals surface area contributed by atoms with Gasteiger partial charge in [0.1, 0.15) is 5.82 Å². The highest BCUT2D eigenvalue weighted by Crippen LogP contribution is 2.20. The van der Waals surface area contributed by atoms with Crippen molar-refractivity contribution in [1.82, 2.24) is 9.97 Å². The van der Waals surface area contributed by atoms with E-state index >= 15 is 0 Å². The third kappa shape index (κ3) is 2.88. The Bertz CT molecular complexity index is 603. The SMILES string of the molecule is Nc1ccc(C(=O)Nc2ccnc(Cl)n2)c(Cl)c1. The average molecular weight is 283 g/mol. The van der Waals surface area contributed by atoms with Gasteiger partial charge in [-0.3, -0.25) is 4.79 Å². The van der Waals surface area contributed by atoms with Gasteiger partial charge in [-0.25, -0.2) is 9.97 Å². The molecule has 0 radical (unpaired) electrons. The Morgan fingerprint density at radius 3 is 2.72 bits per heavy atom. The monoisotopic (exact) mass is 282 g/mol. The lowest BCUT2D eigenvalue weighted by Crippen LogP contribution is -2.13. The number of amides is 1. The van der Waals surface area contributed by atoms with E-state index < -0.39 is 5.91 Å². The summed E-state index contributed by atoms with van der Waals surface area (Å²) in [7, 11) is 0. The second-order valence-corrected chi connectivity index (χ2v) is 4.15. The summed E-state index contributed by atoms with van der Waals surface area (Å²) in [5, 5.41) is 2.88. The van der Waals surface area contributed by atoms with Crippen LogP contribution in [0.3, 0.4) is 0 Å². The number of nitrogen functional groups attached to an aromatic ring is 1. The van der Waals surface area contributed by atoms with Crippen molar-refractivity contribution in [2.75, 3.05) is 11.1 Å². The van der Waals surface area contributed by atoms with Gasteiger partial charge in [0.2, 0.25) is 5.28 Å². The lowest BCUT2D eigenvalue weighted by molar-refractivity contribution is 0.102. The Hall–Kier alpha value is -1.85. The number of benzene rings is 1. The Morgan fingerprint density at radius 1 is 1.28 bits per heavy atom. The summed E-state index contributed by atoms with van der Waals surface area (Å²) >= 11 is 11.5. The zero-order valence-electron chi connectivity index (χ0n) is 9.02. The van der Waals surface area contributed by atoms with Gasteiger partial charge >= 0.3 is 0 Å². The van der Waals surface area contributed by atoms with Crippen molar-refractivity contribution in [3.8, 4) is 0 Å². The van der Waals surface area contributed by atoms with Crippen molar-refractivity contribution in [3.05, 3.63) is 46.3 Å². The molecule has 7 heteroatoms. The summed E-state index contributed by atoms with van der Waals surface area (Å²) in [4.78, 5) is 19.5. The van der Waals surface area contributed by atoms with Crippen LogP contribution in [-0.4, -0.2) is 15.9 Å². The molecule has 1 heterocycles. The normalized spacial score (nSPS) is 10.1. The maximum Gasteiger partial charge on any atom is 0.258 e. The molecule has 2 rings (SSSR count). The molecule has 1 aromatic heterocycles. The molecule has 0 aliphatic carbocycles. The second kappa shape index (κ2) is 5.20. The summed E-state index contributed by atoms with van der Waals surface area (Å²) in [6.07, 6.45) is 1.44. The lowest BCUT2D eigenvalue weighted by Gasteiger charge is -2.06. The number of carbonyl (C=O) groups is 1. The minimum Gasteiger partial charge on any atom is -0.399 e. The Morgan fingerprint density at radius 2 is 2.06 bits per heavy atom. The van der Waals surface area contributed by atoms with Crippen LogP contribution in [0, 0.1) is 0 Å². The summed E-state index contributed by atoms with van der Waals surface area (Å²) in [6.45, 7) is 0. The summed E-state index contributed by atoms with van der Waals surface area (Å²) in [6, 6.07) is 6.15.